The summed E-state index contributed by atoms with van der Waals surface area (Å²) >= 11 is 0. The number of piperidine rings is 1. The molecule has 0 saturated carbocycles. The van der Waals surface area contributed by atoms with E-state index in [0.717, 1.165) is 19.5 Å². The third kappa shape index (κ3) is 2.72. The molecular weight excluding hydrogens is 228 g/mol. The van der Waals surface area contributed by atoms with Gasteiger partial charge in [0.2, 0.25) is 0 Å². The van der Waals surface area contributed by atoms with Crippen molar-refractivity contribution in [3.8, 4) is 0 Å². The van der Waals surface area contributed by atoms with E-state index < -0.39 is 0 Å². The fourth-order valence-electron chi connectivity index (χ4n) is 2.35. The Balaban J connectivity index is 2.02. The van der Waals surface area contributed by atoms with Crippen molar-refractivity contribution in [2.45, 2.75) is 26.8 Å². The molecule has 2 rings (SSSR count). The summed E-state index contributed by atoms with van der Waals surface area (Å²) < 4.78 is 1.86. The van der Waals surface area contributed by atoms with Gasteiger partial charge in [-0.1, -0.05) is 13.8 Å². The van der Waals surface area contributed by atoms with Crippen molar-refractivity contribution in [3.05, 3.63) is 18.2 Å². The van der Waals surface area contributed by atoms with Gasteiger partial charge in [0.15, 0.2) is 0 Å². The molecule has 100 valence electrons. The number of hydrogen-bond donors (Lipinski definition) is 1. The number of nitrogens with zero attached hydrogens (tertiary/aromatic N) is 3. The molecule has 2 N–H and O–H groups in total. The summed E-state index contributed by atoms with van der Waals surface area (Å²) in [6, 6.07) is 0. The molecular formula is C13H22N4O. The molecule has 1 amide bonds. The zero-order valence-electron chi connectivity index (χ0n) is 11.2. The minimum Gasteiger partial charge on any atom is -0.337 e. The van der Waals surface area contributed by atoms with Gasteiger partial charge in [0, 0.05) is 32.4 Å². The van der Waals surface area contributed by atoms with Crippen LogP contribution in [0.2, 0.25) is 0 Å². The fourth-order valence-corrected chi connectivity index (χ4v) is 2.35. The van der Waals surface area contributed by atoms with Gasteiger partial charge in [0.05, 0.1) is 6.33 Å². The summed E-state index contributed by atoms with van der Waals surface area (Å²) in [5, 5.41) is 0. The zero-order chi connectivity index (χ0) is 13.1. The highest BCUT2D eigenvalue weighted by Crippen LogP contribution is 2.23. The minimum absolute atomic E-state index is 0.0459. The van der Waals surface area contributed by atoms with Crippen LogP contribution in [0.1, 0.15) is 30.8 Å². The third-order valence-corrected chi connectivity index (χ3v) is 3.86. The minimum atomic E-state index is 0.0459. The third-order valence-electron chi connectivity index (χ3n) is 3.86. The summed E-state index contributed by atoms with van der Waals surface area (Å²) in [7, 11) is 0. The van der Waals surface area contributed by atoms with Crippen LogP contribution in [-0.4, -0.2) is 40.0 Å². The molecule has 5 heteroatoms. The Labute approximate surface area is 108 Å². The maximum absolute atomic E-state index is 12.3. The first-order valence-corrected chi connectivity index (χ1v) is 6.63. The number of rotatable bonds is 3. The summed E-state index contributed by atoms with van der Waals surface area (Å²) in [4.78, 5) is 18.4. The van der Waals surface area contributed by atoms with Crippen LogP contribution in [0.5, 0.6) is 0 Å². The second-order valence-corrected chi connectivity index (χ2v) is 5.28. The van der Waals surface area contributed by atoms with E-state index in [2.05, 4.69) is 18.8 Å². The molecule has 2 atom stereocenters. The molecule has 18 heavy (non-hydrogen) atoms. The van der Waals surface area contributed by atoms with Crippen molar-refractivity contribution in [2.75, 3.05) is 19.6 Å². The lowest BCUT2D eigenvalue weighted by molar-refractivity contribution is 0.0622. The Hall–Kier alpha value is -1.36. The van der Waals surface area contributed by atoms with Gasteiger partial charge in [0.1, 0.15) is 5.69 Å². The highest BCUT2D eigenvalue weighted by atomic mass is 16.2. The Kier molecular flexibility index (Phi) is 4.01. The zero-order valence-corrected chi connectivity index (χ0v) is 11.2. The predicted octanol–water partition coefficient (Wildman–Crippen LogP) is 0.960. The Bertz CT molecular complexity index is 415. The van der Waals surface area contributed by atoms with Crippen molar-refractivity contribution in [1.29, 1.82) is 0 Å². The van der Waals surface area contributed by atoms with Crippen LogP contribution in [0.25, 0.3) is 0 Å². The average molecular weight is 250 g/mol. The first kappa shape index (κ1) is 13.1. The van der Waals surface area contributed by atoms with E-state index in [-0.39, 0.29) is 5.91 Å². The molecule has 1 aromatic heterocycles. The molecule has 1 aliphatic heterocycles. The SMILES string of the molecule is CC1CCN(C(=O)c2cn(CCN)cn2)CC1C. The molecule has 0 spiro atoms. The Morgan fingerprint density at radius 3 is 2.94 bits per heavy atom. The monoisotopic (exact) mass is 250 g/mol. The lowest BCUT2D eigenvalue weighted by Gasteiger charge is -2.34. The Morgan fingerprint density at radius 1 is 1.50 bits per heavy atom. The van der Waals surface area contributed by atoms with Crippen molar-refractivity contribution < 1.29 is 4.79 Å². The van der Waals surface area contributed by atoms with Gasteiger partial charge in [-0.05, 0) is 18.3 Å². The first-order valence-electron chi connectivity index (χ1n) is 6.63. The topological polar surface area (TPSA) is 64.2 Å². The van der Waals surface area contributed by atoms with Gasteiger partial charge in [-0.3, -0.25) is 4.79 Å². The van der Waals surface area contributed by atoms with Crippen LogP contribution >= 0.6 is 0 Å². The Morgan fingerprint density at radius 2 is 2.28 bits per heavy atom. The summed E-state index contributed by atoms with van der Waals surface area (Å²) in [6.45, 7) is 7.40. The number of likely N-dealkylation sites (tertiary alicyclic amines) is 1. The number of nitrogens with two attached hydrogens (primary N) is 1. The standard InChI is InChI=1S/C13H22N4O/c1-10-3-5-17(7-11(10)2)13(18)12-8-16(6-4-14)9-15-12/h8-11H,3-7,14H2,1-2H3. The van der Waals surface area contributed by atoms with Crippen molar-refractivity contribution in [3.63, 3.8) is 0 Å². The van der Waals surface area contributed by atoms with Crippen molar-refractivity contribution in [1.82, 2.24) is 14.5 Å². The van der Waals surface area contributed by atoms with Crippen molar-refractivity contribution in [2.24, 2.45) is 17.6 Å². The normalized spacial score (nSPS) is 24.3. The highest BCUT2D eigenvalue weighted by molar-refractivity contribution is 5.92. The molecule has 0 aromatic carbocycles. The molecule has 1 aromatic rings. The maximum atomic E-state index is 12.3. The molecule has 5 nitrogen and oxygen atoms in total. The molecule has 1 saturated heterocycles. The number of amides is 1. The summed E-state index contributed by atoms with van der Waals surface area (Å²) in [5.74, 6) is 1.31. The van der Waals surface area contributed by atoms with E-state index in [1.54, 1.807) is 12.5 Å². The van der Waals surface area contributed by atoms with Gasteiger partial charge >= 0.3 is 0 Å². The molecule has 2 unspecified atom stereocenters. The smallest absolute Gasteiger partial charge is 0.274 e. The molecule has 0 radical (unpaired) electrons. The van der Waals surface area contributed by atoms with E-state index in [4.69, 9.17) is 5.73 Å². The van der Waals surface area contributed by atoms with Crippen LogP contribution in [0.3, 0.4) is 0 Å². The second-order valence-electron chi connectivity index (χ2n) is 5.28. The van der Waals surface area contributed by atoms with Gasteiger partial charge in [-0.25, -0.2) is 4.98 Å². The molecule has 0 aliphatic carbocycles. The first-order chi connectivity index (χ1) is 8.61. The average Bonchev–Trinajstić information content (AvgIpc) is 2.81. The number of aromatic nitrogens is 2. The van der Waals surface area contributed by atoms with Gasteiger partial charge in [-0.15, -0.1) is 0 Å². The number of carbonyl (C=O) groups excluding carboxylic acids is 1. The van der Waals surface area contributed by atoms with Crippen LogP contribution in [0.15, 0.2) is 12.5 Å². The van der Waals surface area contributed by atoms with E-state index in [1.165, 1.54) is 0 Å². The quantitative estimate of drug-likeness (QED) is 0.869. The van der Waals surface area contributed by atoms with Crippen molar-refractivity contribution >= 4 is 5.91 Å². The molecule has 0 bridgehead atoms. The lowest BCUT2D eigenvalue weighted by Crippen LogP contribution is -2.42. The predicted molar refractivity (Wildman–Crippen MR) is 70.1 cm³/mol. The van der Waals surface area contributed by atoms with E-state index in [1.807, 2.05) is 9.47 Å². The second kappa shape index (κ2) is 5.52. The van der Waals surface area contributed by atoms with Gasteiger partial charge in [0.25, 0.3) is 5.91 Å². The fraction of sp³-hybridized carbons (Fsp3) is 0.692. The van der Waals surface area contributed by atoms with E-state index in [9.17, 15) is 4.79 Å². The maximum Gasteiger partial charge on any atom is 0.274 e. The number of imidazole rings is 1. The van der Waals surface area contributed by atoms with Crippen LogP contribution in [0, 0.1) is 11.8 Å². The van der Waals surface area contributed by atoms with Crippen LogP contribution in [-0.2, 0) is 6.54 Å². The highest BCUT2D eigenvalue weighted by Gasteiger charge is 2.27. The largest absolute Gasteiger partial charge is 0.337 e. The molecule has 2 heterocycles. The van der Waals surface area contributed by atoms with E-state index in [0.29, 0.717) is 30.6 Å². The van der Waals surface area contributed by atoms with Gasteiger partial charge < -0.3 is 15.2 Å². The van der Waals surface area contributed by atoms with Crippen LogP contribution < -0.4 is 5.73 Å². The van der Waals surface area contributed by atoms with Crippen LogP contribution in [0.4, 0.5) is 0 Å². The number of carbonyl (C=O) groups is 1. The molecule has 1 fully saturated rings. The lowest BCUT2D eigenvalue weighted by atomic mass is 9.88. The molecule has 1 aliphatic rings. The number of hydrogen-bond acceptors (Lipinski definition) is 3. The van der Waals surface area contributed by atoms with E-state index >= 15 is 0 Å². The van der Waals surface area contributed by atoms with Gasteiger partial charge in [-0.2, -0.15) is 0 Å². The summed E-state index contributed by atoms with van der Waals surface area (Å²) in [5.41, 5.74) is 6.01. The summed E-state index contributed by atoms with van der Waals surface area (Å²) in [6.07, 6.45) is 4.55.